The van der Waals surface area contributed by atoms with Crippen LogP contribution in [0.25, 0.3) is 0 Å². The second kappa shape index (κ2) is 7.16. The number of likely N-dealkylation sites (N-methyl/N-ethyl adjacent to an activating group) is 1. The van der Waals surface area contributed by atoms with Gasteiger partial charge in [0.05, 0.1) is 5.02 Å². The van der Waals surface area contributed by atoms with Crippen LogP contribution in [0.15, 0.2) is 18.2 Å². The molecular formula is C14H18Cl2N2O2. The molecule has 20 heavy (non-hydrogen) atoms. The van der Waals surface area contributed by atoms with Crippen LogP contribution in [0.5, 0.6) is 5.75 Å². The molecule has 1 saturated heterocycles. The predicted octanol–water partition coefficient (Wildman–Crippen LogP) is 2.58. The average molecular weight is 317 g/mol. The SMILES string of the molecule is CNC1CCCN(C(=O)COc2cc(Cl)ccc2Cl)C1. The average Bonchev–Trinajstić information content (AvgIpc) is 2.48. The van der Waals surface area contributed by atoms with E-state index in [2.05, 4.69) is 5.32 Å². The highest BCUT2D eigenvalue weighted by Crippen LogP contribution is 2.27. The molecule has 4 nitrogen and oxygen atoms in total. The van der Waals surface area contributed by atoms with Crippen molar-refractivity contribution < 1.29 is 9.53 Å². The maximum atomic E-state index is 12.1. The van der Waals surface area contributed by atoms with E-state index in [1.165, 1.54) is 0 Å². The van der Waals surface area contributed by atoms with Crippen LogP contribution in [0.1, 0.15) is 12.8 Å². The highest BCUT2D eigenvalue weighted by molar-refractivity contribution is 6.34. The quantitative estimate of drug-likeness (QED) is 0.928. The lowest BCUT2D eigenvalue weighted by Gasteiger charge is -2.32. The molecule has 0 radical (unpaired) electrons. The Morgan fingerprint density at radius 3 is 3.05 bits per heavy atom. The van der Waals surface area contributed by atoms with Gasteiger partial charge in [0.25, 0.3) is 5.91 Å². The number of rotatable bonds is 4. The second-order valence-electron chi connectivity index (χ2n) is 4.83. The minimum Gasteiger partial charge on any atom is -0.482 e. The molecule has 1 unspecified atom stereocenters. The van der Waals surface area contributed by atoms with Gasteiger partial charge in [-0.3, -0.25) is 4.79 Å². The molecule has 1 atom stereocenters. The summed E-state index contributed by atoms with van der Waals surface area (Å²) in [7, 11) is 1.92. The van der Waals surface area contributed by atoms with Crippen molar-refractivity contribution in [3.63, 3.8) is 0 Å². The summed E-state index contributed by atoms with van der Waals surface area (Å²) in [5.41, 5.74) is 0. The van der Waals surface area contributed by atoms with E-state index in [1.807, 2.05) is 11.9 Å². The first-order chi connectivity index (χ1) is 9.60. The van der Waals surface area contributed by atoms with Crippen LogP contribution < -0.4 is 10.1 Å². The topological polar surface area (TPSA) is 41.6 Å². The highest BCUT2D eigenvalue weighted by atomic mass is 35.5. The number of likely N-dealkylation sites (tertiary alicyclic amines) is 1. The summed E-state index contributed by atoms with van der Waals surface area (Å²) < 4.78 is 5.47. The van der Waals surface area contributed by atoms with Crippen LogP contribution >= 0.6 is 23.2 Å². The van der Waals surface area contributed by atoms with E-state index in [4.69, 9.17) is 27.9 Å². The lowest BCUT2D eigenvalue weighted by Crippen LogP contribution is -2.48. The third-order valence-electron chi connectivity index (χ3n) is 3.43. The van der Waals surface area contributed by atoms with E-state index in [9.17, 15) is 4.79 Å². The molecule has 2 rings (SSSR count). The Hall–Kier alpha value is -0.970. The van der Waals surface area contributed by atoms with Crippen LogP contribution in [-0.2, 0) is 4.79 Å². The lowest BCUT2D eigenvalue weighted by atomic mass is 10.1. The zero-order valence-corrected chi connectivity index (χ0v) is 12.9. The molecule has 6 heteroatoms. The van der Waals surface area contributed by atoms with Crippen molar-refractivity contribution in [2.45, 2.75) is 18.9 Å². The summed E-state index contributed by atoms with van der Waals surface area (Å²) in [4.78, 5) is 13.9. The summed E-state index contributed by atoms with van der Waals surface area (Å²) in [5.74, 6) is 0.413. The third kappa shape index (κ3) is 4.01. The van der Waals surface area contributed by atoms with Crippen molar-refractivity contribution in [1.82, 2.24) is 10.2 Å². The van der Waals surface area contributed by atoms with Gasteiger partial charge < -0.3 is 15.0 Å². The van der Waals surface area contributed by atoms with Crippen molar-refractivity contribution in [1.29, 1.82) is 0 Å². The van der Waals surface area contributed by atoms with E-state index in [1.54, 1.807) is 18.2 Å². The van der Waals surface area contributed by atoms with E-state index in [0.29, 0.717) is 21.8 Å². The van der Waals surface area contributed by atoms with Gasteiger partial charge >= 0.3 is 0 Å². The molecule has 1 fully saturated rings. The molecule has 1 heterocycles. The van der Waals surface area contributed by atoms with E-state index < -0.39 is 0 Å². The number of benzene rings is 1. The molecule has 1 N–H and O–H groups in total. The minimum atomic E-state index is -0.0269. The van der Waals surface area contributed by atoms with Gasteiger partial charge in [-0.05, 0) is 32.0 Å². The first-order valence-electron chi connectivity index (χ1n) is 6.63. The molecule has 0 aliphatic carbocycles. The molecule has 1 aliphatic heterocycles. The second-order valence-corrected chi connectivity index (χ2v) is 5.67. The molecule has 1 aromatic carbocycles. The highest BCUT2D eigenvalue weighted by Gasteiger charge is 2.22. The Labute approximate surface area is 129 Å². The van der Waals surface area contributed by atoms with Crippen LogP contribution in [0.3, 0.4) is 0 Å². The fourth-order valence-corrected chi connectivity index (χ4v) is 2.59. The van der Waals surface area contributed by atoms with Gasteiger partial charge in [0, 0.05) is 30.2 Å². The number of nitrogens with one attached hydrogen (secondary N) is 1. The smallest absolute Gasteiger partial charge is 0.260 e. The van der Waals surface area contributed by atoms with Gasteiger partial charge in [0.15, 0.2) is 6.61 Å². The summed E-state index contributed by atoms with van der Waals surface area (Å²) in [5, 5.41) is 4.19. The van der Waals surface area contributed by atoms with Crippen molar-refractivity contribution in [2.75, 3.05) is 26.7 Å². The number of ether oxygens (including phenoxy) is 1. The van der Waals surface area contributed by atoms with Gasteiger partial charge in [-0.1, -0.05) is 23.2 Å². The molecule has 1 amide bonds. The number of hydrogen-bond donors (Lipinski definition) is 1. The van der Waals surface area contributed by atoms with Gasteiger partial charge in [-0.25, -0.2) is 0 Å². The Kier molecular flexibility index (Phi) is 5.52. The first-order valence-corrected chi connectivity index (χ1v) is 7.38. The maximum absolute atomic E-state index is 12.1. The number of halogens is 2. The molecule has 110 valence electrons. The monoisotopic (exact) mass is 316 g/mol. The summed E-state index contributed by atoms with van der Waals surface area (Å²) in [6.45, 7) is 1.49. The number of hydrogen-bond acceptors (Lipinski definition) is 3. The van der Waals surface area contributed by atoms with E-state index in [-0.39, 0.29) is 12.5 Å². The maximum Gasteiger partial charge on any atom is 0.260 e. The summed E-state index contributed by atoms with van der Waals surface area (Å²) in [6, 6.07) is 5.31. The Morgan fingerprint density at radius 2 is 2.30 bits per heavy atom. The van der Waals surface area contributed by atoms with Crippen molar-refractivity contribution in [3.8, 4) is 5.75 Å². The molecule has 0 bridgehead atoms. The molecule has 1 aliphatic rings. The Morgan fingerprint density at radius 1 is 1.50 bits per heavy atom. The van der Waals surface area contributed by atoms with Crippen molar-refractivity contribution in [3.05, 3.63) is 28.2 Å². The standard InChI is InChI=1S/C14H18Cl2N2O2/c1-17-11-3-2-6-18(8-11)14(19)9-20-13-7-10(15)4-5-12(13)16/h4-5,7,11,17H,2-3,6,8-9H2,1H3. The summed E-state index contributed by atoms with van der Waals surface area (Å²) in [6.07, 6.45) is 2.11. The molecule has 1 aromatic rings. The zero-order valence-electron chi connectivity index (χ0n) is 11.4. The van der Waals surface area contributed by atoms with Gasteiger partial charge in [-0.2, -0.15) is 0 Å². The van der Waals surface area contributed by atoms with Crippen molar-refractivity contribution in [2.24, 2.45) is 0 Å². The largest absolute Gasteiger partial charge is 0.482 e. The molecule has 0 aromatic heterocycles. The molecular weight excluding hydrogens is 299 g/mol. The van der Waals surface area contributed by atoms with E-state index >= 15 is 0 Å². The van der Waals surface area contributed by atoms with Crippen LogP contribution in [0.4, 0.5) is 0 Å². The fraction of sp³-hybridized carbons (Fsp3) is 0.500. The number of carbonyl (C=O) groups excluding carboxylic acids is 1. The van der Waals surface area contributed by atoms with Gasteiger partial charge in [-0.15, -0.1) is 0 Å². The van der Waals surface area contributed by atoms with Gasteiger partial charge in [0.2, 0.25) is 0 Å². The van der Waals surface area contributed by atoms with E-state index in [0.717, 1.165) is 25.9 Å². The normalized spacial score (nSPS) is 18.9. The molecule has 0 saturated carbocycles. The minimum absolute atomic E-state index is 0.0174. The Bertz CT molecular complexity index is 482. The fourth-order valence-electron chi connectivity index (χ4n) is 2.26. The summed E-state index contributed by atoms with van der Waals surface area (Å²) >= 11 is 11.9. The Balaban J connectivity index is 1.90. The van der Waals surface area contributed by atoms with Crippen LogP contribution in [0.2, 0.25) is 10.0 Å². The third-order valence-corrected chi connectivity index (χ3v) is 3.97. The van der Waals surface area contributed by atoms with Crippen molar-refractivity contribution >= 4 is 29.1 Å². The van der Waals surface area contributed by atoms with Gasteiger partial charge in [0.1, 0.15) is 5.75 Å². The number of carbonyl (C=O) groups is 1. The number of piperidine rings is 1. The lowest BCUT2D eigenvalue weighted by molar-refractivity contribution is -0.134. The number of amides is 1. The first kappa shape index (κ1) is 15.4. The zero-order chi connectivity index (χ0) is 14.5. The molecule has 0 spiro atoms. The van der Waals surface area contributed by atoms with Crippen LogP contribution in [-0.4, -0.2) is 43.6 Å². The van der Waals surface area contributed by atoms with Crippen LogP contribution in [0, 0.1) is 0 Å². The number of nitrogens with zero attached hydrogens (tertiary/aromatic N) is 1. The predicted molar refractivity (Wildman–Crippen MR) is 80.6 cm³/mol.